The Labute approximate surface area is 158 Å². The zero-order valence-corrected chi connectivity index (χ0v) is 14.7. The summed E-state index contributed by atoms with van der Waals surface area (Å²) in [5.41, 5.74) is 2.55. The Balaban J connectivity index is 0.000000304. The second-order valence-corrected chi connectivity index (χ2v) is 6.83. The molecular formula is C16H11F9O3S. The third-order valence-corrected chi connectivity index (χ3v) is 4.23. The smallest absolute Gasteiger partial charge is 0.281 e. The molecule has 0 aromatic heterocycles. The van der Waals surface area contributed by atoms with Crippen LogP contribution in [0.3, 0.4) is 0 Å². The monoisotopic (exact) mass is 454 g/mol. The highest BCUT2D eigenvalue weighted by Gasteiger charge is 2.85. The van der Waals surface area contributed by atoms with Gasteiger partial charge in [-0.1, -0.05) is 60.7 Å². The van der Waals surface area contributed by atoms with Gasteiger partial charge in [-0.25, -0.2) is 0 Å². The zero-order valence-electron chi connectivity index (χ0n) is 13.8. The van der Waals surface area contributed by atoms with E-state index in [1.165, 1.54) is 11.1 Å². The van der Waals surface area contributed by atoms with Gasteiger partial charge in [0.05, 0.1) is 0 Å². The number of halogens is 9. The van der Waals surface area contributed by atoms with E-state index in [9.17, 15) is 47.9 Å². The van der Waals surface area contributed by atoms with Crippen LogP contribution in [0.2, 0.25) is 0 Å². The minimum atomic E-state index is -7.37. The van der Waals surface area contributed by atoms with Gasteiger partial charge < -0.3 is 0 Å². The fraction of sp³-hybridized carbons (Fsp3) is 0.250. The minimum absolute atomic E-state index is 1.28. The molecule has 162 valence electrons. The van der Waals surface area contributed by atoms with Crippen molar-refractivity contribution in [1.82, 2.24) is 0 Å². The Hall–Kier alpha value is -2.28. The predicted octanol–water partition coefficient (Wildman–Crippen LogP) is 5.65. The van der Waals surface area contributed by atoms with Crippen molar-refractivity contribution >= 4 is 10.1 Å². The highest BCUT2D eigenvalue weighted by molar-refractivity contribution is 7.87. The topological polar surface area (TPSA) is 54.4 Å². The summed E-state index contributed by atoms with van der Waals surface area (Å²) in [6.45, 7) is 0. The number of hydrogen-bond acceptors (Lipinski definition) is 2. The molecule has 0 saturated carbocycles. The summed E-state index contributed by atoms with van der Waals surface area (Å²) in [4.78, 5) is 0. The van der Waals surface area contributed by atoms with Crippen LogP contribution in [0.4, 0.5) is 39.5 Å². The van der Waals surface area contributed by atoms with Gasteiger partial charge in [-0.05, 0) is 11.1 Å². The van der Waals surface area contributed by atoms with Gasteiger partial charge in [0.2, 0.25) is 0 Å². The first kappa shape index (κ1) is 24.8. The fourth-order valence-corrected chi connectivity index (χ4v) is 2.24. The van der Waals surface area contributed by atoms with Crippen molar-refractivity contribution in [2.24, 2.45) is 0 Å². The summed E-state index contributed by atoms with van der Waals surface area (Å²) < 4.78 is 134. The maximum Gasteiger partial charge on any atom is 0.460 e. The molecule has 0 heterocycles. The van der Waals surface area contributed by atoms with Crippen molar-refractivity contribution in [3.05, 3.63) is 60.7 Å². The van der Waals surface area contributed by atoms with Gasteiger partial charge >= 0.3 is 33.4 Å². The van der Waals surface area contributed by atoms with Crippen molar-refractivity contribution < 1.29 is 52.5 Å². The molecule has 3 nitrogen and oxygen atoms in total. The van der Waals surface area contributed by atoms with E-state index in [1.54, 1.807) is 0 Å². The molecular weight excluding hydrogens is 443 g/mol. The SMILES string of the molecule is O=S(=O)(O)C(F)(F)C(F)(F)C(F)(F)C(F)(F)F.c1ccc(-c2ccccc2)cc1. The van der Waals surface area contributed by atoms with Gasteiger partial charge in [0, 0.05) is 0 Å². The van der Waals surface area contributed by atoms with Crippen molar-refractivity contribution in [1.29, 1.82) is 0 Å². The maximum atomic E-state index is 12.2. The number of alkyl halides is 9. The van der Waals surface area contributed by atoms with Crippen molar-refractivity contribution in [2.45, 2.75) is 23.3 Å². The first-order valence-electron chi connectivity index (χ1n) is 7.24. The molecule has 0 amide bonds. The maximum absolute atomic E-state index is 12.2. The lowest BCUT2D eigenvalue weighted by Gasteiger charge is -2.31. The van der Waals surface area contributed by atoms with E-state index in [2.05, 4.69) is 48.5 Å². The second-order valence-electron chi connectivity index (χ2n) is 5.37. The van der Waals surface area contributed by atoms with Crippen LogP contribution in [-0.2, 0) is 10.1 Å². The normalized spacial score (nSPS) is 13.4. The van der Waals surface area contributed by atoms with Crippen LogP contribution in [-0.4, -0.2) is 36.2 Å². The largest absolute Gasteiger partial charge is 0.460 e. The molecule has 0 atom stereocenters. The van der Waals surface area contributed by atoms with E-state index < -0.39 is 33.4 Å². The van der Waals surface area contributed by atoms with Gasteiger partial charge in [0.1, 0.15) is 0 Å². The Morgan fingerprint density at radius 2 is 0.897 bits per heavy atom. The molecule has 13 heteroatoms. The van der Waals surface area contributed by atoms with Crippen LogP contribution in [0.1, 0.15) is 0 Å². The summed E-state index contributed by atoms with van der Waals surface area (Å²) in [5, 5.41) is -7.00. The quantitative estimate of drug-likeness (QED) is 0.480. The summed E-state index contributed by atoms with van der Waals surface area (Å²) in [6, 6.07) is 20.8. The van der Waals surface area contributed by atoms with E-state index in [0.717, 1.165) is 0 Å². The lowest BCUT2D eigenvalue weighted by atomic mass is 10.1. The molecule has 0 aliphatic rings. The molecule has 0 fully saturated rings. The summed E-state index contributed by atoms with van der Waals surface area (Å²) in [6.07, 6.45) is -7.13. The molecule has 0 aliphatic carbocycles. The molecule has 0 saturated heterocycles. The van der Waals surface area contributed by atoms with E-state index in [1.807, 2.05) is 12.1 Å². The van der Waals surface area contributed by atoms with Crippen LogP contribution < -0.4 is 0 Å². The van der Waals surface area contributed by atoms with Gasteiger partial charge in [-0.3, -0.25) is 4.55 Å². The Kier molecular flexibility index (Phi) is 7.02. The van der Waals surface area contributed by atoms with E-state index in [0.29, 0.717) is 0 Å². The molecule has 2 aromatic carbocycles. The standard InChI is InChI=1S/C12H10.C4HF9O3S/c1-3-7-11(8-4-1)12-9-5-2-6-10-12;5-1(6,3(9,10)11)2(7,8)4(12,13)17(14,15)16/h1-10H;(H,14,15,16). The number of benzene rings is 2. The predicted molar refractivity (Wildman–Crippen MR) is 84.3 cm³/mol. The highest BCUT2D eigenvalue weighted by Crippen LogP contribution is 2.54. The first-order valence-corrected chi connectivity index (χ1v) is 8.68. The molecule has 0 bridgehead atoms. The van der Waals surface area contributed by atoms with Crippen LogP contribution in [0.15, 0.2) is 60.7 Å². The number of rotatable bonds is 4. The second kappa shape index (κ2) is 8.22. The minimum Gasteiger partial charge on any atom is -0.281 e. The summed E-state index contributed by atoms with van der Waals surface area (Å²) >= 11 is 0. The van der Waals surface area contributed by atoms with Crippen LogP contribution in [0.25, 0.3) is 11.1 Å². The first-order chi connectivity index (χ1) is 13.0. The Morgan fingerprint density at radius 1 is 0.586 bits per heavy atom. The fourth-order valence-electron chi connectivity index (χ4n) is 1.78. The Morgan fingerprint density at radius 3 is 1.14 bits per heavy atom. The average Bonchev–Trinajstić information content (AvgIpc) is 2.61. The van der Waals surface area contributed by atoms with E-state index >= 15 is 0 Å². The van der Waals surface area contributed by atoms with Crippen LogP contribution in [0, 0.1) is 0 Å². The lowest BCUT2D eigenvalue weighted by Crippen LogP contribution is -2.63. The molecule has 2 rings (SSSR count). The average molecular weight is 454 g/mol. The third-order valence-electron chi connectivity index (χ3n) is 3.32. The molecule has 29 heavy (non-hydrogen) atoms. The van der Waals surface area contributed by atoms with Crippen LogP contribution >= 0.6 is 0 Å². The Bertz CT molecular complexity index is 859. The van der Waals surface area contributed by atoms with Gasteiger partial charge in [0.15, 0.2) is 0 Å². The van der Waals surface area contributed by atoms with Gasteiger partial charge in [0.25, 0.3) is 0 Å². The van der Waals surface area contributed by atoms with E-state index in [-0.39, 0.29) is 0 Å². The molecule has 1 N–H and O–H groups in total. The van der Waals surface area contributed by atoms with E-state index in [4.69, 9.17) is 4.55 Å². The van der Waals surface area contributed by atoms with Gasteiger partial charge in [-0.2, -0.15) is 47.9 Å². The lowest BCUT2D eigenvalue weighted by molar-refractivity contribution is -0.382. The summed E-state index contributed by atoms with van der Waals surface area (Å²) in [7, 11) is -7.17. The zero-order chi connectivity index (χ0) is 22.7. The molecule has 0 radical (unpaired) electrons. The van der Waals surface area contributed by atoms with Gasteiger partial charge in [-0.15, -0.1) is 0 Å². The molecule has 0 spiro atoms. The van der Waals surface area contributed by atoms with Crippen LogP contribution in [0.5, 0.6) is 0 Å². The third kappa shape index (κ3) is 5.01. The van der Waals surface area contributed by atoms with Crippen molar-refractivity contribution in [3.8, 4) is 11.1 Å². The number of hydrogen-bond donors (Lipinski definition) is 1. The molecule has 0 aliphatic heterocycles. The molecule has 2 aromatic rings. The summed E-state index contributed by atoms with van der Waals surface area (Å²) in [5.74, 6) is -14.7. The molecule has 0 unspecified atom stereocenters. The van der Waals surface area contributed by atoms with Crippen molar-refractivity contribution in [3.63, 3.8) is 0 Å². The highest BCUT2D eigenvalue weighted by atomic mass is 32.2. The van der Waals surface area contributed by atoms with Crippen molar-refractivity contribution in [2.75, 3.05) is 0 Å².